The van der Waals surface area contributed by atoms with Crippen molar-refractivity contribution in [1.29, 1.82) is 0 Å². The Kier molecular flexibility index (Phi) is 5.24. The number of ether oxygens (including phenoxy) is 1. The summed E-state index contributed by atoms with van der Waals surface area (Å²) in [6.45, 7) is 3.02. The number of piperidine rings is 1. The number of H-pyrrole nitrogens is 1. The predicted octanol–water partition coefficient (Wildman–Crippen LogP) is 1.05. The Morgan fingerprint density at radius 3 is 2.76 bits per heavy atom. The van der Waals surface area contributed by atoms with E-state index in [9.17, 15) is 9.59 Å². The minimum Gasteiger partial charge on any atom is -0.383 e. The van der Waals surface area contributed by atoms with Crippen molar-refractivity contribution in [2.24, 2.45) is 7.05 Å². The summed E-state index contributed by atoms with van der Waals surface area (Å²) in [4.78, 5) is 32.7. The second kappa shape index (κ2) is 7.41. The summed E-state index contributed by atoms with van der Waals surface area (Å²) in [7, 11) is 5.43. The van der Waals surface area contributed by atoms with Crippen LogP contribution in [-0.2, 0) is 11.8 Å². The molecular weight excluding hydrogens is 320 g/mol. The molecule has 2 aromatic rings. The molecule has 1 saturated heterocycles. The van der Waals surface area contributed by atoms with Gasteiger partial charge in [-0.2, -0.15) is 0 Å². The number of hydrogen-bond acceptors (Lipinski definition) is 4. The molecule has 3 rings (SSSR count). The molecule has 25 heavy (non-hydrogen) atoms. The molecule has 0 aromatic carbocycles. The highest BCUT2D eigenvalue weighted by Gasteiger charge is 2.29. The lowest BCUT2D eigenvalue weighted by Crippen LogP contribution is -2.48. The van der Waals surface area contributed by atoms with Gasteiger partial charge in [0.2, 0.25) is 0 Å². The number of methoxy groups -OCH3 is 1. The highest BCUT2D eigenvalue weighted by molar-refractivity contribution is 6.06. The largest absolute Gasteiger partial charge is 0.383 e. The van der Waals surface area contributed by atoms with Crippen molar-refractivity contribution in [3.8, 4) is 0 Å². The average Bonchev–Trinajstić information content (AvgIpc) is 3.09. The van der Waals surface area contributed by atoms with E-state index in [0.717, 1.165) is 25.9 Å². The van der Waals surface area contributed by atoms with Crippen LogP contribution in [0.4, 0.5) is 0 Å². The summed E-state index contributed by atoms with van der Waals surface area (Å²) in [6, 6.07) is 2.00. The first-order valence-electron chi connectivity index (χ1n) is 8.68. The van der Waals surface area contributed by atoms with Gasteiger partial charge in [0.25, 0.3) is 11.5 Å². The number of pyridine rings is 1. The minimum absolute atomic E-state index is 0.0354. The fourth-order valence-corrected chi connectivity index (χ4v) is 3.54. The lowest BCUT2D eigenvalue weighted by Gasteiger charge is -2.37. The van der Waals surface area contributed by atoms with Gasteiger partial charge in [-0.15, -0.1) is 0 Å². The highest BCUT2D eigenvalue weighted by atomic mass is 16.5. The maximum absolute atomic E-state index is 13.3. The number of carbonyl (C=O) groups is 1. The Bertz CT molecular complexity index is 802. The molecule has 1 amide bonds. The number of likely N-dealkylation sites (tertiary alicyclic amines) is 1. The molecule has 1 aliphatic heterocycles. The van der Waals surface area contributed by atoms with E-state index in [2.05, 4.69) is 16.9 Å². The van der Waals surface area contributed by atoms with Gasteiger partial charge in [0, 0.05) is 44.5 Å². The molecule has 0 unspecified atom stereocenters. The third-order valence-corrected chi connectivity index (χ3v) is 5.05. The summed E-state index contributed by atoms with van der Waals surface area (Å²) >= 11 is 0. The highest BCUT2D eigenvalue weighted by Crippen LogP contribution is 2.21. The van der Waals surface area contributed by atoms with Gasteiger partial charge in [-0.25, -0.2) is 0 Å². The van der Waals surface area contributed by atoms with Crippen molar-refractivity contribution in [2.75, 3.05) is 40.4 Å². The van der Waals surface area contributed by atoms with Crippen molar-refractivity contribution in [2.45, 2.75) is 18.9 Å². The number of fused-ring (bicyclic) bond motifs is 1. The molecule has 7 nitrogen and oxygen atoms in total. The Labute approximate surface area is 147 Å². The Hall–Kier alpha value is -2.12. The van der Waals surface area contributed by atoms with Crippen LogP contribution in [0.25, 0.3) is 10.9 Å². The minimum atomic E-state index is -0.126. The summed E-state index contributed by atoms with van der Waals surface area (Å²) in [6.07, 6.45) is 5.26. The van der Waals surface area contributed by atoms with Crippen molar-refractivity contribution in [3.05, 3.63) is 34.4 Å². The van der Waals surface area contributed by atoms with Gasteiger partial charge in [-0.05, 0) is 39.0 Å². The normalized spacial score (nSPS) is 16.4. The number of hydrogen-bond donors (Lipinski definition) is 1. The van der Waals surface area contributed by atoms with E-state index in [0.29, 0.717) is 29.6 Å². The maximum Gasteiger partial charge on any atom is 0.274 e. The molecule has 2 aromatic heterocycles. The van der Waals surface area contributed by atoms with Crippen LogP contribution in [0.1, 0.15) is 23.2 Å². The molecule has 1 fully saturated rings. The van der Waals surface area contributed by atoms with Gasteiger partial charge in [-0.3, -0.25) is 9.59 Å². The van der Waals surface area contributed by atoms with Gasteiger partial charge < -0.3 is 24.1 Å². The standard InChI is InChI=1S/C18H26N4O3/c1-20-8-5-13(6-9-20)22(10-11-25-3)17(23)15-12-21(2)18(24)16-14(15)4-7-19-16/h4,7,12-13,19H,5-6,8-11H2,1-3H3. The molecule has 0 saturated carbocycles. The number of rotatable bonds is 5. The Morgan fingerprint density at radius 1 is 1.36 bits per heavy atom. The van der Waals surface area contributed by atoms with Gasteiger partial charge in [0.1, 0.15) is 5.52 Å². The van der Waals surface area contributed by atoms with Crippen molar-refractivity contribution >= 4 is 16.8 Å². The Balaban J connectivity index is 1.96. The van der Waals surface area contributed by atoms with Gasteiger partial charge >= 0.3 is 0 Å². The molecule has 3 heterocycles. The van der Waals surface area contributed by atoms with E-state index < -0.39 is 0 Å². The van der Waals surface area contributed by atoms with Crippen LogP contribution in [0.15, 0.2) is 23.3 Å². The predicted molar refractivity (Wildman–Crippen MR) is 97.0 cm³/mol. The van der Waals surface area contributed by atoms with E-state index in [1.54, 1.807) is 32.6 Å². The van der Waals surface area contributed by atoms with Gasteiger partial charge in [0.15, 0.2) is 0 Å². The third-order valence-electron chi connectivity index (χ3n) is 5.05. The smallest absolute Gasteiger partial charge is 0.274 e. The molecule has 0 atom stereocenters. The van der Waals surface area contributed by atoms with Crippen molar-refractivity contribution in [3.63, 3.8) is 0 Å². The first-order valence-corrected chi connectivity index (χ1v) is 8.68. The lowest BCUT2D eigenvalue weighted by molar-refractivity contribution is 0.0506. The van der Waals surface area contributed by atoms with Crippen LogP contribution in [0, 0.1) is 0 Å². The number of nitrogens with zero attached hydrogens (tertiary/aromatic N) is 3. The molecule has 1 aliphatic rings. The van der Waals surface area contributed by atoms with Crippen LogP contribution in [0.3, 0.4) is 0 Å². The zero-order valence-electron chi connectivity index (χ0n) is 15.1. The van der Waals surface area contributed by atoms with Crippen LogP contribution in [-0.4, -0.2) is 71.7 Å². The fraction of sp³-hybridized carbons (Fsp3) is 0.556. The lowest BCUT2D eigenvalue weighted by atomic mass is 10.0. The summed E-state index contributed by atoms with van der Waals surface area (Å²) in [5, 5.41) is 0.684. The summed E-state index contributed by atoms with van der Waals surface area (Å²) in [5.74, 6) is -0.0354. The zero-order valence-corrected chi connectivity index (χ0v) is 15.1. The first-order chi connectivity index (χ1) is 12.0. The fourth-order valence-electron chi connectivity index (χ4n) is 3.54. The Morgan fingerprint density at radius 2 is 2.08 bits per heavy atom. The van der Waals surface area contributed by atoms with Crippen LogP contribution in [0.2, 0.25) is 0 Å². The van der Waals surface area contributed by atoms with E-state index in [-0.39, 0.29) is 17.5 Å². The van der Waals surface area contributed by atoms with E-state index in [1.807, 2.05) is 4.90 Å². The third kappa shape index (κ3) is 3.48. The van der Waals surface area contributed by atoms with Crippen molar-refractivity contribution in [1.82, 2.24) is 19.4 Å². The number of aromatic nitrogens is 2. The molecule has 0 radical (unpaired) electrons. The zero-order chi connectivity index (χ0) is 18.0. The van der Waals surface area contributed by atoms with Gasteiger partial charge in [0.05, 0.1) is 12.2 Å². The second-order valence-corrected chi connectivity index (χ2v) is 6.75. The topological polar surface area (TPSA) is 70.6 Å². The molecule has 1 N–H and O–H groups in total. The number of nitrogens with one attached hydrogen (secondary N) is 1. The summed E-state index contributed by atoms with van der Waals surface area (Å²) < 4.78 is 6.69. The average molecular weight is 346 g/mol. The number of amides is 1. The second-order valence-electron chi connectivity index (χ2n) is 6.75. The van der Waals surface area contributed by atoms with Crippen LogP contribution < -0.4 is 5.56 Å². The van der Waals surface area contributed by atoms with Crippen LogP contribution in [0.5, 0.6) is 0 Å². The number of carbonyl (C=O) groups excluding carboxylic acids is 1. The molecule has 136 valence electrons. The summed E-state index contributed by atoms with van der Waals surface area (Å²) in [5.41, 5.74) is 0.913. The number of aryl methyl sites for hydroxylation is 1. The van der Waals surface area contributed by atoms with E-state index in [4.69, 9.17) is 4.74 Å². The van der Waals surface area contributed by atoms with Gasteiger partial charge in [-0.1, -0.05) is 0 Å². The molecule has 0 aliphatic carbocycles. The van der Waals surface area contributed by atoms with E-state index in [1.165, 1.54) is 4.57 Å². The van der Waals surface area contributed by atoms with E-state index >= 15 is 0 Å². The quantitative estimate of drug-likeness (QED) is 0.878. The maximum atomic E-state index is 13.3. The molecule has 7 heteroatoms. The molecule has 0 spiro atoms. The number of aromatic amines is 1. The SMILES string of the molecule is COCCN(C(=O)c1cn(C)c(=O)c2[nH]ccc12)C1CCN(C)CC1. The first kappa shape index (κ1) is 17.7. The monoisotopic (exact) mass is 346 g/mol. The van der Waals surface area contributed by atoms with Crippen molar-refractivity contribution < 1.29 is 9.53 Å². The molecule has 0 bridgehead atoms. The van der Waals surface area contributed by atoms with Crippen LogP contribution >= 0.6 is 0 Å². The molecular formula is C18H26N4O3.